The second kappa shape index (κ2) is 3.70. The lowest BCUT2D eigenvalue weighted by Crippen LogP contribution is -2.11. The van der Waals surface area contributed by atoms with E-state index in [4.69, 9.17) is 9.26 Å². The second-order valence-electron chi connectivity index (χ2n) is 3.13. The largest absolute Gasteiger partial charge is 0.372 e. The monoisotopic (exact) mass is 181 g/mol. The summed E-state index contributed by atoms with van der Waals surface area (Å²) in [7, 11) is 0. The highest BCUT2D eigenvalue weighted by molar-refractivity contribution is 5.70. The minimum Gasteiger partial charge on any atom is -0.372 e. The van der Waals surface area contributed by atoms with Gasteiger partial charge in [0.2, 0.25) is 0 Å². The van der Waals surface area contributed by atoms with Gasteiger partial charge in [0.1, 0.15) is 11.8 Å². The summed E-state index contributed by atoms with van der Waals surface area (Å²) in [6, 6.07) is 1.64. The topological polar surface area (TPSA) is 52.3 Å². The first-order valence-electron chi connectivity index (χ1n) is 4.43. The number of aromatic nitrogens is 1. The van der Waals surface area contributed by atoms with Crippen molar-refractivity contribution in [3.05, 3.63) is 17.5 Å². The molecule has 0 saturated carbocycles. The Morgan fingerprint density at radius 2 is 2.46 bits per heavy atom. The van der Waals surface area contributed by atoms with Crippen LogP contribution < -0.4 is 0 Å². The van der Waals surface area contributed by atoms with E-state index in [1.165, 1.54) is 0 Å². The van der Waals surface area contributed by atoms with Crippen LogP contribution in [-0.2, 0) is 4.74 Å². The average Bonchev–Trinajstić information content (AvgIpc) is 2.67. The summed E-state index contributed by atoms with van der Waals surface area (Å²) in [5.41, 5.74) is 0.738. The van der Waals surface area contributed by atoms with Gasteiger partial charge in [-0.1, -0.05) is 5.16 Å². The van der Waals surface area contributed by atoms with E-state index in [1.54, 1.807) is 6.07 Å². The molecule has 0 N–H and O–H groups in total. The minimum atomic E-state index is 0.0196. The van der Waals surface area contributed by atoms with Crippen LogP contribution in [0.5, 0.6) is 0 Å². The van der Waals surface area contributed by atoms with Crippen molar-refractivity contribution in [2.24, 2.45) is 0 Å². The Kier molecular flexibility index (Phi) is 2.40. The Morgan fingerprint density at radius 3 is 3.08 bits per heavy atom. The molecule has 0 aliphatic carbocycles. The molecule has 1 saturated heterocycles. The number of carbonyl (C=O) groups is 1. The molecular weight excluding hydrogens is 170 g/mol. The number of ether oxygens (including phenoxy) is 1. The first-order valence-corrected chi connectivity index (χ1v) is 4.43. The highest BCUT2D eigenvalue weighted by atomic mass is 16.5. The van der Waals surface area contributed by atoms with Crippen LogP contribution in [0, 0.1) is 0 Å². The molecule has 13 heavy (non-hydrogen) atoms. The van der Waals surface area contributed by atoms with Gasteiger partial charge in [0, 0.05) is 12.7 Å². The summed E-state index contributed by atoms with van der Waals surface area (Å²) in [6.07, 6.45) is 3.89. The minimum absolute atomic E-state index is 0.0196. The Morgan fingerprint density at radius 1 is 1.54 bits per heavy atom. The normalized spacial score (nSPS) is 22.9. The first kappa shape index (κ1) is 8.44. The van der Waals surface area contributed by atoms with Gasteiger partial charge in [-0.2, -0.15) is 0 Å². The van der Waals surface area contributed by atoms with Crippen LogP contribution in [0.4, 0.5) is 0 Å². The van der Waals surface area contributed by atoms with E-state index in [0.29, 0.717) is 6.29 Å². The maximum atomic E-state index is 10.3. The zero-order chi connectivity index (χ0) is 9.10. The summed E-state index contributed by atoms with van der Waals surface area (Å²) in [5, 5.41) is 3.78. The fourth-order valence-corrected chi connectivity index (χ4v) is 1.49. The molecule has 1 unspecified atom stereocenters. The zero-order valence-corrected chi connectivity index (χ0v) is 7.23. The van der Waals surface area contributed by atoms with Gasteiger partial charge < -0.3 is 9.26 Å². The fraction of sp³-hybridized carbons (Fsp3) is 0.556. The number of hydrogen-bond donors (Lipinski definition) is 0. The van der Waals surface area contributed by atoms with Gasteiger partial charge in [-0.15, -0.1) is 0 Å². The van der Waals surface area contributed by atoms with Crippen molar-refractivity contribution in [2.45, 2.75) is 25.4 Å². The van der Waals surface area contributed by atoms with Crippen molar-refractivity contribution in [3.8, 4) is 0 Å². The molecule has 0 bridgehead atoms. The number of carbonyl (C=O) groups excluding carboxylic acids is 1. The predicted molar refractivity (Wildman–Crippen MR) is 44.4 cm³/mol. The molecule has 0 aromatic carbocycles. The molecule has 1 aliphatic rings. The van der Waals surface area contributed by atoms with Gasteiger partial charge in [-0.05, 0) is 19.3 Å². The Hall–Kier alpha value is -1.16. The summed E-state index contributed by atoms with van der Waals surface area (Å²) < 4.78 is 10.3. The molecule has 1 aromatic heterocycles. The van der Waals surface area contributed by atoms with E-state index in [1.807, 2.05) is 0 Å². The van der Waals surface area contributed by atoms with Crippen molar-refractivity contribution < 1.29 is 14.1 Å². The van der Waals surface area contributed by atoms with Crippen molar-refractivity contribution in [1.82, 2.24) is 5.16 Å². The molecule has 0 spiro atoms. The van der Waals surface area contributed by atoms with Crippen molar-refractivity contribution in [3.63, 3.8) is 0 Å². The van der Waals surface area contributed by atoms with Crippen LogP contribution in [0.1, 0.15) is 41.6 Å². The fourth-order valence-electron chi connectivity index (χ4n) is 1.49. The van der Waals surface area contributed by atoms with Crippen molar-refractivity contribution in [1.29, 1.82) is 0 Å². The van der Waals surface area contributed by atoms with Crippen LogP contribution in [0.25, 0.3) is 0 Å². The van der Waals surface area contributed by atoms with Crippen LogP contribution >= 0.6 is 0 Å². The molecule has 0 radical (unpaired) electrons. The summed E-state index contributed by atoms with van der Waals surface area (Å²) in [4.78, 5) is 10.3. The maximum Gasteiger partial charge on any atom is 0.199 e. The van der Waals surface area contributed by atoms with E-state index in [2.05, 4.69) is 5.16 Å². The molecule has 1 fully saturated rings. The van der Waals surface area contributed by atoms with Gasteiger partial charge in [0.15, 0.2) is 12.0 Å². The third kappa shape index (κ3) is 1.78. The van der Waals surface area contributed by atoms with Crippen LogP contribution in [0.15, 0.2) is 10.6 Å². The lowest BCUT2D eigenvalue weighted by Gasteiger charge is -2.19. The molecule has 0 amide bonds. The van der Waals surface area contributed by atoms with Gasteiger partial charge >= 0.3 is 0 Å². The lowest BCUT2D eigenvalue weighted by molar-refractivity contribution is 0.0105. The quantitative estimate of drug-likeness (QED) is 0.652. The SMILES string of the molecule is O=Cc1cc(C2CCCCO2)no1. The van der Waals surface area contributed by atoms with E-state index < -0.39 is 0 Å². The second-order valence-corrected chi connectivity index (χ2v) is 3.13. The smallest absolute Gasteiger partial charge is 0.199 e. The maximum absolute atomic E-state index is 10.3. The van der Waals surface area contributed by atoms with Crippen LogP contribution in [-0.4, -0.2) is 18.0 Å². The third-order valence-corrected chi connectivity index (χ3v) is 2.17. The predicted octanol–water partition coefficient (Wildman–Crippen LogP) is 1.73. The molecule has 2 rings (SSSR count). The molecular formula is C9H11NO3. The lowest BCUT2D eigenvalue weighted by atomic mass is 10.1. The molecule has 4 heteroatoms. The van der Waals surface area contributed by atoms with E-state index in [9.17, 15) is 4.79 Å². The standard InChI is InChI=1S/C9H11NO3/c11-6-7-5-8(10-13-7)9-3-1-2-4-12-9/h5-6,9H,1-4H2. The Labute approximate surface area is 75.9 Å². The summed E-state index contributed by atoms with van der Waals surface area (Å²) in [6.45, 7) is 0.772. The van der Waals surface area contributed by atoms with E-state index in [-0.39, 0.29) is 11.9 Å². The van der Waals surface area contributed by atoms with Gasteiger partial charge in [-0.3, -0.25) is 4.79 Å². The third-order valence-electron chi connectivity index (χ3n) is 2.17. The van der Waals surface area contributed by atoms with Gasteiger partial charge in [0.25, 0.3) is 0 Å². The number of aldehydes is 1. The summed E-state index contributed by atoms with van der Waals surface area (Å²) >= 11 is 0. The van der Waals surface area contributed by atoms with Crippen LogP contribution in [0.3, 0.4) is 0 Å². The molecule has 1 atom stereocenters. The molecule has 1 aliphatic heterocycles. The Balaban J connectivity index is 2.09. The molecule has 4 nitrogen and oxygen atoms in total. The highest BCUT2D eigenvalue weighted by Gasteiger charge is 2.19. The van der Waals surface area contributed by atoms with Crippen molar-refractivity contribution >= 4 is 6.29 Å². The molecule has 70 valence electrons. The first-order chi connectivity index (χ1) is 6.40. The number of hydrogen-bond acceptors (Lipinski definition) is 4. The van der Waals surface area contributed by atoms with E-state index >= 15 is 0 Å². The van der Waals surface area contributed by atoms with E-state index in [0.717, 1.165) is 31.6 Å². The number of rotatable bonds is 2. The van der Waals surface area contributed by atoms with Crippen molar-refractivity contribution in [2.75, 3.05) is 6.61 Å². The van der Waals surface area contributed by atoms with Gasteiger partial charge in [0.05, 0.1) is 0 Å². The molecule has 1 aromatic rings. The summed E-state index contributed by atoms with van der Waals surface area (Å²) in [5.74, 6) is 0.268. The van der Waals surface area contributed by atoms with Gasteiger partial charge in [-0.25, -0.2) is 0 Å². The number of nitrogens with zero attached hydrogens (tertiary/aromatic N) is 1. The molecule has 2 heterocycles. The Bertz CT molecular complexity index is 289. The highest BCUT2D eigenvalue weighted by Crippen LogP contribution is 2.26. The average molecular weight is 181 g/mol. The zero-order valence-electron chi connectivity index (χ0n) is 7.23. The van der Waals surface area contributed by atoms with Crippen LogP contribution in [0.2, 0.25) is 0 Å².